The molecule has 0 radical (unpaired) electrons. The first-order valence-corrected chi connectivity index (χ1v) is 22.8. The topological polar surface area (TPSA) is 479 Å². The number of carbonyl (C=O) groups excluding carboxylic acids is 9. The number of guanidine groups is 2. The van der Waals surface area contributed by atoms with Gasteiger partial charge in [-0.2, -0.15) is 0 Å². The number of aliphatic hydroxyl groups excluding tert-OH is 1. The number of aliphatic imine (C=N–C) groups is 2. The van der Waals surface area contributed by atoms with Crippen molar-refractivity contribution in [2.24, 2.45) is 44.4 Å². The van der Waals surface area contributed by atoms with E-state index in [2.05, 4.69) is 47.2 Å². The SMILES string of the molecule is C[C@@H](O)[C@@H]1NC(=O)CNC(=O)[C@H](CC(=O)O)NC(=O)[C@@H](N)CSSC[C@@H](C(=O)NCC(N)=O)NC(=O)[C@H](CCCN=C(N)N)NC(=O)[C@H](CCCN=C(N)N)NC(=O)[C@@H]2CCCN2C1=O. The number of nitrogens with zero attached hydrogens (tertiary/aromatic N) is 3. The van der Waals surface area contributed by atoms with Gasteiger partial charge in [0.1, 0.15) is 36.3 Å². The van der Waals surface area contributed by atoms with E-state index in [0.29, 0.717) is 6.42 Å². The van der Waals surface area contributed by atoms with Gasteiger partial charge in [-0.15, -0.1) is 0 Å². The molecule has 2 rings (SSSR count). The van der Waals surface area contributed by atoms with Crippen molar-refractivity contribution in [3.63, 3.8) is 0 Å². The standard InChI is InChI=1S/C35H60N16O12S2/c1-16(52)26-33(63)51-10-4-7-22(51)32(62)47-19(6-3-9-43-35(40)41)30(60)46-18(5-2-8-42-34(38)39)31(61)49-21(29(59)44-12-23(37)53)15-65-64-14-17(36)27(57)48-20(11-25(55)56)28(58)45-13-24(54)50-26/h16-22,26,52H,2-15,36H2,1H3,(H2,37,53)(H,44,59)(H,45,58)(H,46,60)(H,47,62)(H,48,57)(H,49,61)(H,50,54)(H,55,56)(H4,38,39,42)(H4,40,41,43)/t16-,17+,18+,19+,20+,21+,22+,26+/m1/s1. The molecule has 8 atom stereocenters. The predicted octanol–water partition coefficient (Wildman–Crippen LogP) is -8.20. The van der Waals surface area contributed by atoms with Crippen molar-refractivity contribution in [3.8, 4) is 0 Å². The minimum absolute atomic E-state index is 0.00414. The molecule has 0 spiro atoms. The van der Waals surface area contributed by atoms with Crippen molar-refractivity contribution in [1.29, 1.82) is 0 Å². The van der Waals surface area contributed by atoms with Crippen molar-refractivity contribution in [2.75, 3.05) is 44.2 Å². The van der Waals surface area contributed by atoms with Crippen molar-refractivity contribution < 1.29 is 58.2 Å². The molecule has 30 heteroatoms. The van der Waals surface area contributed by atoms with Crippen LogP contribution >= 0.6 is 21.6 Å². The maximum absolute atomic E-state index is 14.1. The second-order valence-electron chi connectivity index (χ2n) is 14.8. The van der Waals surface area contributed by atoms with Crippen LogP contribution in [0.5, 0.6) is 0 Å². The molecule has 0 aliphatic carbocycles. The summed E-state index contributed by atoms with van der Waals surface area (Å²) in [5.74, 6) is -10.6. The summed E-state index contributed by atoms with van der Waals surface area (Å²) in [7, 11) is 1.89. The van der Waals surface area contributed by atoms with Gasteiger partial charge in [0.15, 0.2) is 11.9 Å². The molecule has 0 aromatic heterocycles. The Morgan fingerprint density at radius 2 is 1.34 bits per heavy atom. The molecule has 2 fully saturated rings. The molecule has 2 aliphatic rings. The Balaban J connectivity index is 2.61. The van der Waals surface area contributed by atoms with Crippen LogP contribution in [0.4, 0.5) is 0 Å². The molecule has 9 amide bonds. The average Bonchev–Trinajstić information content (AvgIpc) is 3.73. The van der Waals surface area contributed by atoms with Crippen molar-refractivity contribution >= 4 is 92.6 Å². The predicted molar refractivity (Wildman–Crippen MR) is 236 cm³/mol. The van der Waals surface area contributed by atoms with Gasteiger partial charge in [0.25, 0.3) is 0 Å². The molecule has 65 heavy (non-hydrogen) atoms. The summed E-state index contributed by atoms with van der Waals surface area (Å²) in [5, 5.41) is 36.8. The van der Waals surface area contributed by atoms with Crippen LogP contribution in [0.25, 0.3) is 0 Å². The monoisotopic (exact) mass is 960 g/mol. The highest BCUT2D eigenvalue weighted by atomic mass is 33.1. The number of fused-ring (bicyclic) bond motifs is 1. The van der Waals surface area contributed by atoms with E-state index in [1.54, 1.807) is 0 Å². The molecule has 2 aliphatic heterocycles. The van der Waals surface area contributed by atoms with E-state index >= 15 is 0 Å². The number of hydrogen-bond acceptors (Lipinski definition) is 16. The smallest absolute Gasteiger partial charge is 0.305 e. The molecule has 0 aromatic rings. The quantitative estimate of drug-likeness (QED) is 0.0333. The summed E-state index contributed by atoms with van der Waals surface area (Å²) < 4.78 is 0. The Bertz CT molecular complexity index is 1800. The first kappa shape index (κ1) is 55.0. The van der Waals surface area contributed by atoms with Gasteiger partial charge in [-0.3, -0.25) is 57.9 Å². The van der Waals surface area contributed by atoms with Gasteiger partial charge in [0, 0.05) is 31.1 Å². The Kier molecular flexibility index (Phi) is 23.6. The number of carboxylic acid groups (broad SMARTS) is 1. The Morgan fingerprint density at radius 1 is 0.785 bits per heavy atom. The van der Waals surface area contributed by atoms with E-state index in [4.69, 9.17) is 34.4 Å². The summed E-state index contributed by atoms with van der Waals surface area (Å²) in [6.45, 7) is -0.197. The molecule has 21 N–H and O–H groups in total. The van der Waals surface area contributed by atoms with E-state index in [1.165, 1.54) is 6.92 Å². The van der Waals surface area contributed by atoms with Crippen molar-refractivity contribution in [3.05, 3.63) is 0 Å². The van der Waals surface area contributed by atoms with Gasteiger partial charge in [-0.25, -0.2) is 0 Å². The van der Waals surface area contributed by atoms with Crippen molar-refractivity contribution in [2.45, 2.75) is 100 Å². The van der Waals surface area contributed by atoms with E-state index in [1.807, 2.05) is 0 Å². The lowest BCUT2D eigenvalue weighted by atomic mass is 10.1. The third kappa shape index (κ3) is 20.1. The van der Waals surface area contributed by atoms with Crippen LogP contribution in [0.3, 0.4) is 0 Å². The molecular formula is C35H60N16O12S2. The van der Waals surface area contributed by atoms with Crippen LogP contribution in [-0.4, -0.2) is 179 Å². The van der Waals surface area contributed by atoms with Gasteiger partial charge in [-0.1, -0.05) is 21.6 Å². The van der Waals surface area contributed by atoms with Gasteiger partial charge in [0.2, 0.25) is 53.2 Å². The third-order valence-corrected chi connectivity index (χ3v) is 11.9. The van der Waals surface area contributed by atoms with E-state index in [-0.39, 0.29) is 75.2 Å². The average molecular weight is 961 g/mol. The number of aliphatic carboxylic acids is 1. The molecule has 364 valence electrons. The summed E-state index contributed by atoms with van der Waals surface area (Å²) in [6.07, 6.45) is -2.00. The summed E-state index contributed by atoms with van der Waals surface area (Å²) in [5.41, 5.74) is 33.0. The normalized spacial score (nSPS) is 25.2. The molecular weight excluding hydrogens is 901 g/mol. The lowest BCUT2D eigenvalue weighted by Crippen LogP contribution is -2.60. The van der Waals surface area contributed by atoms with Gasteiger partial charge >= 0.3 is 5.97 Å². The van der Waals surface area contributed by atoms with Crippen LogP contribution in [0.15, 0.2) is 9.98 Å². The fraction of sp³-hybridized carbons (Fsp3) is 0.657. The van der Waals surface area contributed by atoms with Crippen LogP contribution in [0.1, 0.15) is 51.9 Å². The molecule has 2 heterocycles. The zero-order chi connectivity index (χ0) is 48.8. The van der Waals surface area contributed by atoms with Crippen LogP contribution < -0.4 is 71.6 Å². The van der Waals surface area contributed by atoms with Crippen LogP contribution in [-0.2, 0) is 47.9 Å². The van der Waals surface area contributed by atoms with E-state index in [9.17, 15) is 58.2 Å². The maximum Gasteiger partial charge on any atom is 0.305 e. The Morgan fingerprint density at radius 3 is 1.89 bits per heavy atom. The molecule has 0 aromatic carbocycles. The van der Waals surface area contributed by atoms with Crippen molar-refractivity contribution in [1.82, 2.24) is 42.1 Å². The van der Waals surface area contributed by atoms with Crippen LogP contribution in [0.2, 0.25) is 0 Å². The first-order valence-electron chi connectivity index (χ1n) is 20.3. The number of nitrogens with one attached hydrogen (secondary N) is 7. The van der Waals surface area contributed by atoms with Gasteiger partial charge in [0.05, 0.1) is 31.7 Å². The van der Waals surface area contributed by atoms with E-state index in [0.717, 1.165) is 26.5 Å². The largest absolute Gasteiger partial charge is 0.481 e. The lowest BCUT2D eigenvalue weighted by molar-refractivity contribution is -0.144. The third-order valence-electron chi connectivity index (χ3n) is 9.47. The number of nitrogens with two attached hydrogens (primary N) is 6. The highest BCUT2D eigenvalue weighted by molar-refractivity contribution is 8.76. The zero-order valence-electron chi connectivity index (χ0n) is 35.6. The minimum Gasteiger partial charge on any atom is -0.481 e. The summed E-state index contributed by atoms with van der Waals surface area (Å²) >= 11 is 0. The highest BCUT2D eigenvalue weighted by Gasteiger charge is 2.41. The number of hydrogen-bond donors (Lipinski definition) is 15. The number of aliphatic hydroxyl groups is 1. The Hall–Kier alpha value is -6.14. The fourth-order valence-electron chi connectivity index (χ4n) is 6.20. The maximum atomic E-state index is 14.1. The second kappa shape index (κ2) is 27.9. The summed E-state index contributed by atoms with van der Waals surface area (Å²) in [6, 6.07) is -10.1. The Labute approximate surface area is 380 Å². The molecule has 0 bridgehead atoms. The number of primary amides is 1. The lowest BCUT2D eigenvalue weighted by Gasteiger charge is -2.31. The number of carboxylic acids is 1. The highest BCUT2D eigenvalue weighted by Crippen LogP contribution is 2.23. The first-order chi connectivity index (χ1) is 30.6. The summed E-state index contributed by atoms with van der Waals surface area (Å²) in [4.78, 5) is 140. The van der Waals surface area contributed by atoms with Crippen LogP contribution in [0, 0.1) is 0 Å². The van der Waals surface area contributed by atoms with E-state index < -0.39 is 127 Å². The molecule has 28 nitrogen and oxygen atoms in total. The minimum atomic E-state index is -1.72. The number of rotatable bonds is 14. The number of carbonyl (C=O) groups is 10. The number of amides is 9. The van der Waals surface area contributed by atoms with Gasteiger partial charge < -0.3 is 86.7 Å². The fourth-order valence-corrected chi connectivity index (χ4v) is 8.49. The molecule has 0 saturated carbocycles. The molecule has 2 saturated heterocycles. The van der Waals surface area contributed by atoms with Gasteiger partial charge in [-0.05, 0) is 45.4 Å². The zero-order valence-corrected chi connectivity index (χ0v) is 37.3. The second-order valence-corrected chi connectivity index (χ2v) is 17.3. The molecule has 0 unspecified atom stereocenters.